The number of likely N-dealkylation sites (tertiary alicyclic amines) is 1. The van der Waals surface area contributed by atoms with Gasteiger partial charge in [0.05, 0.1) is 11.0 Å². The van der Waals surface area contributed by atoms with E-state index in [-0.39, 0.29) is 12.1 Å². The normalized spacial score (nSPS) is 18.2. The van der Waals surface area contributed by atoms with Gasteiger partial charge in [-0.05, 0) is 45.1 Å². The van der Waals surface area contributed by atoms with E-state index in [2.05, 4.69) is 35.7 Å². The van der Waals surface area contributed by atoms with Crippen LogP contribution in [0, 0.1) is 0 Å². The van der Waals surface area contributed by atoms with Crippen LogP contribution in [0.15, 0.2) is 18.2 Å². The minimum atomic E-state index is -0.0553. The zero-order valence-corrected chi connectivity index (χ0v) is 15.0. The predicted molar refractivity (Wildman–Crippen MR) is 97.5 cm³/mol. The standard InChI is InChI=1S/C18H27N5O/c1-5-17-20-15-11-13(7-8-16(15)23(17)6-2)19-18(24)22(4)14-9-10-21(3)12-14/h7-8,11,14H,5-6,9-10,12H2,1-4H3,(H,19,24)/t14-/m0/s1. The zero-order chi connectivity index (χ0) is 17.3. The molecule has 130 valence electrons. The molecule has 2 heterocycles. The van der Waals surface area contributed by atoms with Gasteiger partial charge in [0.2, 0.25) is 0 Å². The number of anilines is 1. The van der Waals surface area contributed by atoms with Crippen LogP contribution in [0.25, 0.3) is 11.0 Å². The van der Waals surface area contributed by atoms with Crippen molar-refractivity contribution in [3.8, 4) is 0 Å². The van der Waals surface area contributed by atoms with Crippen LogP contribution < -0.4 is 5.32 Å². The van der Waals surface area contributed by atoms with Gasteiger partial charge in [-0.1, -0.05) is 6.92 Å². The third-order valence-corrected chi connectivity index (χ3v) is 4.95. The number of fused-ring (bicyclic) bond motifs is 1. The van der Waals surface area contributed by atoms with E-state index in [1.807, 2.05) is 30.1 Å². The molecule has 24 heavy (non-hydrogen) atoms. The lowest BCUT2D eigenvalue weighted by atomic mass is 10.2. The molecule has 1 aliphatic rings. The second-order valence-electron chi connectivity index (χ2n) is 6.58. The van der Waals surface area contributed by atoms with Gasteiger partial charge < -0.3 is 19.7 Å². The van der Waals surface area contributed by atoms with E-state index in [9.17, 15) is 4.79 Å². The number of aryl methyl sites for hydroxylation is 2. The van der Waals surface area contributed by atoms with Crippen LogP contribution in [0.4, 0.5) is 10.5 Å². The van der Waals surface area contributed by atoms with Gasteiger partial charge >= 0.3 is 6.03 Å². The summed E-state index contributed by atoms with van der Waals surface area (Å²) in [4.78, 5) is 21.3. The summed E-state index contributed by atoms with van der Waals surface area (Å²) in [7, 11) is 3.97. The Balaban J connectivity index is 1.76. The monoisotopic (exact) mass is 329 g/mol. The molecule has 1 aromatic heterocycles. The summed E-state index contributed by atoms with van der Waals surface area (Å²) in [5, 5.41) is 3.01. The van der Waals surface area contributed by atoms with Crippen LogP contribution in [0.2, 0.25) is 0 Å². The first-order valence-corrected chi connectivity index (χ1v) is 8.75. The summed E-state index contributed by atoms with van der Waals surface area (Å²) in [5.41, 5.74) is 2.86. The van der Waals surface area contributed by atoms with E-state index >= 15 is 0 Å². The summed E-state index contributed by atoms with van der Waals surface area (Å²) >= 11 is 0. The number of carbonyl (C=O) groups excluding carboxylic acids is 1. The van der Waals surface area contributed by atoms with E-state index in [4.69, 9.17) is 4.98 Å². The lowest BCUT2D eigenvalue weighted by Gasteiger charge is -2.24. The number of carbonyl (C=O) groups is 1. The van der Waals surface area contributed by atoms with Crippen LogP contribution >= 0.6 is 0 Å². The Morgan fingerprint density at radius 1 is 1.42 bits per heavy atom. The number of amides is 2. The summed E-state index contributed by atoms with van der Waals surface area (Å²) in [5.74, 6) is 1.09. The zero-order valence-electron chi connectivity index (χ0n) is 15.0. The van der Waals surface area contributed by atoms with Crippen molar-refractivity contribution >= 4 is 22.8 Å². The molecule has 1 atom stereocenters. The molecule has 0 saturated carbocycles. The van der Waals surface area contributed by atoms with E-state index < -0.39 is 0 Å². The maximum atomic E-state index is 12.5. The smallest absolute Gasteiger partial charge is 0.321 e. The molecular formula is C18H27N5O. The highest BCUT2D eigenvalue weighted by atomic mass is 16.2. The summed E-state index contributed by atoms with van der Waals surface area (Å²) in [6.07, 6.45) is 1.93. The quantitative estimate of drug-likeness (QED) is 0.938. The maximum Gasteiger partial charge on any atom is 0.321 e. The molecule has 0 unspecified atom stereocenters. The van der Waals surface area contributed by atoms with Crippen molar-refractivity contribution in [2.24, 2.45) is 0 Å². The molecule has 1 fully saturated rings. The average Bonchev–Trinajstić information content (AvgIpc) is 3.16. The van der Waals surface area contributed by atoms with Crippen molar-refractivity contribution in [2.45, 2.75) is 39.3 Å². The van der Waals surface area contributed by atoms with Crippen molar-refractivity contribution in [3.05, 3.63) is 24.0 Å². The minimum absolute atomic E-state index is 0.0553. The largest absolute Gasteiger partial charge is 0.328 e. The van der Waals surface area contributed by atoms with Crippen LogP contribution in [-0.2, 0) is 13.0 Å². The Labute approximate surface area is 143 Å². The number of hydrogen-bond acceptors (Lipinski definition) is 3. The van der Waals surface area contributed by atoms with Crippen LogP contribution in [0.1, 0.15) is 26.1 Å². The fourth-order valence-electron chi connectivity index (χ4n) is 3.49. The molecule has 3 rings (SSSR count). The molecule has 0 radical (unpaired) electrons. The highest BCUT2D eigenvalue weighted by Crippen LogP contribution is 2.22. The molecule has 1 aliphatic heterocycles. The third kappa shape index (κ3) is 3.11. The summed E-state index contributed by atoms with van der Waals surface area (Å²) < 4.78 is 2.22. The lowest BCUT2D eigenvalue weighted by Crippen LogP contribution is -2.41. The first kappa shape index (κ1) is 16.8. The van der Waals surface area contributed by atoms with Crippen molar-refractivity contribution in [3.63, 3.8) is 0 Å². The van der Waals surface area contributed by atoms with Crippen molar-refractivity contribution in [1.82, 2.24) is 19.4 Å². The second kappa shape index (κ2) is 6.81. The van der Waals surface area contributed by atoms with Gasteiger partial charge in [0.1, 0.15) is 5.82 Å². The molecule has 0 aliphatic carbocycles. The highest BCUT2D eigenvalue weighted by Gasteiger charge is 2.26. The number of urea groups is 1. The predicted octanol–water partition coefficient (Wildman–Crippen LogP) is 2.79. The Bertz CT molecular complexity index is 738. The van der Waals surface area contributed by atoms with Gasteiger partial charge in [0.15, 0.2) is 0 Å². The molecule has 1 N–H and O–H groups in total. The fraction of sp³-hybridized carbons (Fsp3) is 0.556. The van der Waals surface area contributed by atoms with Gasteiger partial charge in [-0.3, -0.25) is 0 Å². The fourth-order valence-corrected chi connectivity index (χ4v) is 3.49. The molecule has 2 aromatic rings. The summed E-state index contributed by atoms with van der Waals surface area (Å²) in [6, 6.07) is 6.20. The van der Waals surface area contributed by atoms with Gasteiger partial charge in [-0.2, -0.15) is 0 Å². The number of nitrogens with one attached hydrogen (secondary N) is 1. The van der Waals surface area contributed by atoms with Gasteiger partial charge in [-0.25, -0.2) is 9.78 Å². The molecular weight excluding hydrogens is 302 g/mol. The Morgan fingerprint density at radius 2 is 2.21 bits per heavy atom. The molecule has 6 nitrogen and oxygen atoms in total. The minimum Gasteiger partial charge on any atom is -0.328 e. The number of aromatic nitrogens is 2. The number of imidazole rings is 1. The summed E-state index contributed by atoms with van der Waals surface area (Å²) in [6.45, 7) is 7.13. The van der Waals surface area contributed by atoms with Crippen LogP contribution in [0.5, 0.6) is 0 Å². The molecule has 0 bridgehead atoms. The van der Waals surface area contributed by atoms with Gasteiger partial charge in [0.25, 0.3) is 0 Å². The van der Waals surface area contributed by atoms with Crippen molar-refractivity contribution < 1.29 is 4.79 Å². The topological polar surface area (TPSA) is 53.4 Å². The SMILES string of the molecule is CCc1nc2cc(NC(=O)N(C)[C@H]3CCN(C)C3)ccc2n1CC. The van der Waals surface area contributed by atoms with E-state index in [1.165, 1.54) is 0 Å². The van der Waals surface area contributed by atoms with E-state index in [1.54, 1.807) is 0 Å². The number of likely N-dealkylation sites (N-methyl/N-ethyl adjacent to an activating group) is 2. The molecule has 6 heteroatoms. The first-order chi connectivity index (χ1) is 11.5. The lowest BCUT2D eigenvalue weighted by molar-refractivity contribution is 0.204. The third-order valence-electron chi connectivity index (χ3n) is 4.95. The van der Waals surface area contributed by atoms with Crippen LogP contribution in [-0.4, -0.2) is 58.6 Å². The molecule has 2 amide bonds. The van der Waals surface area contributed by atoms with E-state index in [0.717, 1.165) is 55.0 Å². The van der Waals surface area contributed by atoms with Crippen molar-refractivity contribution in [1.29, 1.82) is 0 Å². The highest BCUT2D eigenvalue weighted by molar-refractivity contribution is 5.92. The first-order valence-electron chi connectivity index (χ1n) is 8.75. The average molecular weight is 329 g/mol. The Hall–Kier alpha value is -2.08. The maximum absolute atomic E-state index is 12.5. The molecule has 0 spiro atoms. The number of nitrogens with zero attached hydrogens (tertiary/aromatic N) is 4. The Kier molecular flexibility index (Phi) is 4.76. The van der Waals surface area contributed by atoms with Crippen molar-refractivity contribution in [2.75, 3.05) is 32.5 Å². The number of hydrogen-bond donors (Lipinski definition) is 1. The Morgan fingerprint density at radius 3 is 2.83 bits per heavy atom. The van der Waals surface area contributed by atoms with E-state index in [0.29, 0.717) is 0 Å². The van der Waals surface area contributed by atoms with Gasteiger partial charge in [0, 0.05) is 38.3 Å². The number of rotatable bonds is 4. The van der Waals surface area contributed by atoms with Crippen LogP contribution in [0.3, 0.4) is 0 Å². The molecule has 1 saturated heterocycles. The second-order valence-corrected chi connectivity index (χ2v) is 6.58. The van der Waals surface area contributed by atoms with Gasteiger partial charge in [-0.15, -0.1) is 0 Å². The number of benzene rings is 1. The molecule has 1 aromatic carbocycles.